The molecule has 0 aromatic rings. The molecule has 0 spiro atoms. The predicted molar refractivity (Wildman–Crippen MR) is 103 cm³/mol. The first kappa shape index (κ1) is 21.5. The molecule has 0 amide bonds. The second-order valence-electron chi connectivity index (χ2n) is 6.76. The van der Waals surface area contributed by atoms with Crippen molar-refractivity contribution in [1.82, 2.24) is 0 Å². The third-order valence-corrected chi connectivity index (χ3v) is 4.91. The number of rotatable bonds is 16. The average Bonchev–Trinajstić information content (AvgIpc) is 2.54. The molecule has 1 unspecified atom stereocenters. The molecule has 0 nitrogen and oxygen atoms in total. The van der Waals surface area contributed by atoms with E-state index in [-0.39, 0.29) is 0 Å². The summed E-state index contributed by atoms with van der Waals surface area (Å²) < 4.78 is 0. The van der Waals surface area contributed by atoms with Crippen LogP contribution in [-0.2, 0) is 0 Å². The number of unbranched alkanes of at least 4 members (excludes halogenated alkanes) is 10. The molecule has 0 aliphatic carbocycles. The van der Waals surface area contributed by atoms with Gasteiger partial charge in [-0.05, 0) is 25.2 Å². The minimum Gasteiger partial charge on any atom is -0.0991 e. The van der Waals surface area contributed by atoms with Crippen LogP contribution >= 0.6 is 0 Å². The Morgan fingerprint density at radius 2 is 1.27 bits per heavy atom. The summed E-state index contributed by atoms with van der Waals surface area (Å²) in [5.74, 6) is 0.793. The lowest BCUT2D eigenvalue weighted by atomic mass is 9.88. The summed E-state index contributed by atoms with van der Waals surface area (Å²) in [6, 6.07) is 0. The molecule has 0 aliphatic heterocycles. The maximum atomic E-state index is 3.85. The monoisotopic (exact) mass is 306 g/mol. The Morgan fingerprint density at radius 1 is 0.773 bits per heavy atom. The van der Waals surface area contributed by atoms with Gasteiger partial charge in [0.25, 0.3) is 0 Å². The quantitative estimate of drug-likeness (QED) is 0.199. The molecule has 0 aromatic heterocycles. The first-order valence-electron chi connectivity index (χ1n) is 10.1. The third kappa shape index (κ3) is 12.1. The summed E-state index contributed by atoms with van der Waals surface area (Å²) in [5, 5.41) is 0. The van der Waals surface area contributed by atoms with E-state index in [9.17, 15) is 0 Å². The fourth-order valence-corrected chi connectivity index (χ4v) is 3.40. The predicted octanol–water partition coefficient (Wildman–Crippen LogP) is 8.24. The highest BCUT2D eigenvalue weighted by Gasteiger charge is 2.09. The maximum Gasteiger partial charge on any atom is -0.0203 e. The molecule has 0 saturated carbocycles. The van der Waals surface area contributed by atoms with Crippen molar-refractivity contribution in [1.29, 1.82) is 0 Å². The maximum absolute atomic E-state index is 3.85. The lowest BCUT2D eigenvalue weighted by Gasteiger charge is -2.17. The Balaban J connectivity index is 3.51. The van der Waals surface area contributed by atoms with Gasteiger partial charge in [-0.25, -0.2) is 0 Å². The van der Waals surface area contributed by atoms with E-state index >= 15 is 0 Å². The van der Waals surface area contributed by atoms with Gasteiger partial charge in [-0.2, -0.15) is 0 Å². The van der Waals surface area contributed by atoms with Gasteiger partial charge in [0.05, 0.1) is 0 Å². The van der Waals surface area contributed by atoms with Crippen LogP contribution in [0.5, 0.6) is 0 Å². The fraction of sp³-hybridized carbons (Fsp3) is 0.818. The zero-order chi connectivity index (χ0) is 16.5. The summed E-state index contributed by atoms with van der Waals surface area (Å²) in [4.78, 5) is 0. The number of hydrogen-bond donors (Lipinski definition) is 0. The van der Waals surface area contributed by atoms with Crippen LogP contribution in [0.1, 0.15) is 111 Å². The van der Waals surface area contributed by atoms with Crippen LogP contribution in [0.4, 0.5) is 0 Å². The molecule has 0 bridgehead atoms. The molecule has 0 heterocycles. The molecule has 0 fully saturated rings. The van der Waals surface area contributed by atoms with E-state index in [1.807, 2.05) is 6.08 Å². The molecule has 0 heteroatoms. The summed E-state index contributed by atoms with van der Waals surface area (Å²) in [6.07, 6.45) is 23.9. The minimum absolute atomic E-state index is 0.793. The van der Waals surface area contributed by atoms with E-state index in [0.29, 0.717) is 0 Å². The van der Waals surface area contributed by atoms with E-state index in [4.69, 9.17) is 0 Å². The van der Waals surface area contributed by atoms with E-state index in [1.165, 1.54) is 89.9 Å². The van der Waals surface area contributed by atoms with Gasteiger partial charge in [-0.15, -0.1) is 0 Å². The van der Waals surface area contributed by atoms with Crippen molar-refractivity contribution in [2.45, 2.75) is 111 Å². The largest absolute Gasteiger partial charge is 0.0991 e. The van der Waals surface area contributed by atoms with Crippen molar-refractivity contribution in [3.8, 4) is 0 Å². The molecule has 0 aromatic carbocycles. The van der Waals surface area contributed by atoms with Gasteiger partial charge in [-0.3, -0.25) is 0 Å². The van der Waals surface area contributed by atoms with Crippen LogP contribution in [0.2, 0.25) is 0 Å². The Kier molecular flexibility index (Phi) is 16.4. The summed E-state index contributed by atoms with van der Waals surface area (Å²) in [6.45, 7) is 10.7. The number of allylic oxidation sites excluding steroid dienone is 3. The van der Waals surface area contributed by atoms with Crippen molar-refractivity contribution >= 4 is 0 Å². The molecule has 0 rings (SSSR count). The molecule has 0 aliphatic rings. The van der Waals surface area contributed by atoms with Crippen LogP contribution in [0.3, 0.4) is 0 Å². The van der Waals surface area contributed by atoms with Gasteiger partial charge in [0.15, 0.2) is 0 Å². The zero-order valence-electron chi connectivity index (χ0n) is 15.8. The molecular formula is C22H42. The molecule has 1 atom stereocenters. The van der Waals surface area contributed by atoms with Crippen molar-refractivity contribution < 1.29 is 0 Å². The number of hydrogen-bond acceptors (Lipinski definition) is 0. The van der Waals surface area contributed by atoms with Crippen molar-refractivity contribution in [2.24, 2.45) is 5.92 Å². The second kappa shape index (κ2) is 16.8. The van der Waals surface area contributed by atoms with E-state index in [2.05, 4.69) is 33.4 Å². The van der Waals surface area contributed by atoms with E-state index < -0.39 is 0 Å². The van der Waals surface area contributed by atoms with Gasteiger partial charge in [0, 0.05) is 0 Å². The van der Waals surface area contributed by atoms with Crippen LogP contribution in [-0.4, -0.2) is 0 Å². The Hall–Kier alpha value is -0.520. The fourth-order valence-electron chi connectivity index (χ4n) is 3.40. The smallest absolute Gasteiger partial charge is 0.0203 e. The summed E-state index contributed by atoms with van der Waals surface area (Å²) >= 11 is 0. The van der Waals surface area contributed by atoms with Gasteiger partial charge in [0.1, 0.15) is 0 Å². The standard InChI is InChI=1S/C22H42/c1-5-9-10-11-12-13-14-15-16-17-18-20-22(8-4)21(7-3)19-6-2/h6,19,22H,2,5,7-18,20H2,1,3-4H3. The van der Waals surface area contributed by atoms with Crippen LogP contribution < -0.4 is 0 Å². The molecule has 22 heavy (non-hydrogen) atoms. The topological polar surface area (TPSA) is 0 Å². The van der Waals surface area contributed by atoms with Gasteiger partial charge in [0.2, 0.25) is 0 Å². The highest BCUT2D eigenvalue weighted by molar-refractivity contribution is 5.13. The van der Waals surface area contributed by atoms with Crippen LogP contribution in [0.15, 0.2) is 24.3 Å². The molecular weight excluding hydrogens is 264 g/mol. The lowest BCUT2D eigenvalue weighted by Crippen LogP contribution is -2.02. The highest BCUT2D eigenvalue weighted by atomic mass is 14.1. The SMILES string of the molecule is C=CC=C(CC)C(CC)CCCCCCCCCCCCC. The first-order valence-corrected chi connectivity index (χ1v) is 10.1. The molecule has 0 saturated heterocycles. The van der Waals surface area contributed by atoms with Crippen molar-refractivity contribution in [3.05, 3.63) is 24.3 Å². The van der Waals surface area contributed by atoms with Gasteiger partial charge >= 0.3 is 0 Å². The molecule has 0 radical (unpaired) electrons. The molecule has 130 valence electrons. The Bertz CT molecular complexity index is 261. The van der Waals surface area contributed by atoms with Crippen molar-refractivity contribution in [2.75, 3.05) is 0 Å². The third-order valence-electron chi connectivity index (χ3n) is 4.91. The van der Waals surface area contributed by atoms with Crippen molar-refractivity contribution in [3.63, 3.8) is 0 Å². The summed E-state index contributed by atoms with van der Waals surface area (Å²) in [7, 11) is 0. The lowest BCUT2D eigenvalue weighted by molar-refractivity contribution is 0.478. The van der Waals surface area contributed by atoms with E-state index in [0.717, 1.165) is 5.92 Å². The highest BCUT2D eigenvalue weighted by Crippen LogP contribution is 2.25. The van der Waals surface area contributed by atoms with E-state index in [1.54, 1.807) is 5.57 Å². The Morgan fingerprint density at radius 3 is 1.68 bits per heavy atom. The molecule has 0 N–H and O–H groups in total. The van der Waals surface area contributed by atoms with Gasteiger partial charge < -0.3 is 0 Å². The second-order valence-corrected chi connectivity index (χ2v) is 6.76. The zero-order valence-corrected chi connectivity index (χ0v) is 15.8. The van der Waals surface area contributed by atoms with Crippen LogP contribution in [0, 0.1) is 5.92 Å². The first-order chi connectivity index (χ1) is 10.8. The average molecular weight is 307 g/mol. The van der Waals surface area contributed by atoms with Gasteiger partial charge in [-0.1, -0.05) is 116 Å². The normalized spacial score (nSPS) is 13.3. The van der Waals surface area contributed by atoms with Crippen LogP contribution in [0.25, 0.3) is 0 Å². The summed E-state index contributed by atoms with van der Waals surface area (Å²) in [5.41, 5.74) is 1.60. The minimum atomic E-state index is 0.793. The Labute approximate surface area is 141 Å².